The molecule has 10 nitrogen and oxygen atoms in total. The molecule has 2 aromatic heterocycles. The van der Waals surface area contributed by atoms with Crippen molar-refractivity contribution in [3.63, 3.8) is 0 Å². The van der Waals surface area contributed by atoms with Crippen molar-refractivity contribution in [1.29, 1.82) is 0 Å². The number of thiazole rings is 1. The van der Waals surface area contributed by atoms with E-state index in [4.69, 9.17) is 14.1 Å². The molecule has 5 rings (SSSR count). The van der Waals surface area contributed by atoms with Crippen LogP contribution in [0.25, 0.3) is 11.3 Å². The molecule has 0 unspecified atom stereocenters. The third-order valence-electron chi connectivity index (χ3n) is 5.71. The zero-order chi connectivity index (χ0) is 25.1. The highest BCUT2D eigenvalue weighted by Gasteiger charge is 2.26. The van der Waals surface area contributed by atoms with Crippen molar-refractivity contribution in [3.05, 3.63) is 93.0 Å². The number of benzene rings is 2. The van der Waals surface area contributed by atoms with Gasteiger partial charge in [-0.25, -0.2) is 13.4 Å². The van der Waals surface area contributed by atoms with Gasteiger partial charge >= 0.3 is 0 Å². The number of non-ortho nitro benzene ring substituents is 1. The number of aromatic nitrogens is 1. The molecule has 1 aliphatic heterocycles. The average Bonchev–Trinajstić information content (AvgIpc) is 3.56. The van der Waals surface area contributed by atoms with Crippen LogP contribution in [0.1, 0.15) is 5.76 Å². The maximum Gasteiger partial charge on any atom is 0.270 e. The Morgan fingerprint density at radius 2 is 1.83 bits per heavy atom. The fourth-order valence-electron chi connectivity index (χ4n) is 3.88. The van der Waals surface area contributed by atoms with Gasteiger partial charge in [-0.2, -0.15) is 4.31 Å². The lowest BCUT2D eigenvalue weighted by Gasteiger charge is -2.26. The number of morpholine rings is 1. The number of furan rings is 1. The predicted octanol–water partition coefficient (Wildman–Crippen LogP) is 4.02. The Morgan fingerprint density at radius 3 is 2.53 bits per heavy atom. The van der Waals surface area contributed by atoms with Crippen LogP contribution >= 0.6 is 11.3 Å². The predicted molar refractivity (Wildman–Crippen MR) is 133 cm³/mol. The Morgan fingerprint density at radius 1 is 1.06 bits per heavy atom. The van der Waals surface area contributed by atoms with E-state index in [2.05, 4.69) is 0 Å². The fourth-order valence-corrected chi connectivity index (χ4v) is 6.22. The maximum absolute atomic E-state index is 12.9. The Hall–Kier alpha value is -3.58. The molecule has 0 bridgehead atoms. The molecule has 186 valence electrons. The van der Waals surface area contributed by atoms with Crippen LogP contribution in [0, 0.1) is 10.1 Å². The first kappa shape index (κ1) is 24.1. The first-order valence-corrected chi connectivity index (χ1v) is 13.4. The third kappa shape index (κ3) is 5.02. The van der Waals surface area contributed by atoms with E-state index in [9.17, 15) is 18.5 Å². The number of hydrogen-bond donors (Lipinski definition) is 0. The van der Waals surface area contributed by atoms with E-state index >= 15 is 0 Å². The molecule has 0 N–H and O–H groups in total. The zero-order valence-electron chi connectivity index (χ0n) is 19.0. The summed E-state index contributed by atoms with van der Waals surface area (Å²) in [5.74, 6) is 0.702. The molecule has 1 fully saturated rings. The maximum atomic E-state index is 12.9. The van der Waals surface area contributed by atoms with Gasteiger partial charge in [-0.15, -0.1) is 11.3 Å². The number of rotatable bonds is 7. The van der Waals surface area contributed by atoms with Crippen LogP contribution in [-0.2, 0) is 21.3 Å². The second-order valence-corrected chi connectivity index (χ2v) is 10.8. The second kappa shape index (κ2) is 10.2. The lowest BCUT2D eigenvalue weighted by atomic mass is 10.1. The molecule has 36 heavy (non-hydrogen) atoms. The Bertz CT molecular complexity index is 1530. The number of hydrogen-bond acceptors (Lipinski definition) is 8. The number of nitrogens with zero attached hydrogens (tertiary/aromatic N) is 4. The van der Waals surface area contributed by atoms with Crippen LogP contribution in [0.15, 0.2) is 86.6 Å². The molecular weight excluding hydrogens is 504 g/mol. The van der Waals surface area contributed by atoms with E-state index in [0.29, 0.717) is 54.7 Å². The summed E-state index contributed by atoms with van der Waals surface area (Å²) in [5.41, 5.74) is 2.01. The lowest BCUT2D eigenvalue weighted by molar-refractivity contribution is -0.384. The minimum absolute atomic E-state index is 0.00111. The van der Waals surface area contributed by atoms with Gasteiger partial charge in [-0.3, -0.25) is 10.1 Å². The van der Waals surface area contributed by atoms with E-state index in [1.165, 1.54) is 27.8 Å². The van der Waals surface area contributed by atoms with E-state index in [1.807, 2.05) is 22.1 Å². The molecule has 0 saturated carbocycles. The number of ether oxygens (including phenoxy) is 1. The number of nitro benzene ring substituents is 1. The normalized spacial score (nSPS) is 15.3. The second-order valence-electron chi connectivity index (χ2n) is 8.00. The van der Waals surface area contributed by atoms with Crippen molar-refractivity contribution in [2.24, 2.45) is 4.99 Å². The van der Waals surface area contributed by atoms with Gasteiger partial charge in [0.15, 0.2) is 4.80 Å². The average molecular weight is 527 g/mol. The van der Waals surface area contributed by atoms with Gasteiger partial charge in [-0.1, -0.05) is 12.1 Å². The monoisotopic (exact) mass is 526 g/mol. The van der Waals surface area contributed by atoms with E-state index in [0.717, 1.165) is 5.69 Å². The van der Waals surface area contributed by atoms with Crippen molar-refractivity contribution >= 4 is 32.7 Å². The topological polar surface area (TPSA) is 120 Å². The lowest BCUT2D eigenvalue weighted by Crippen LogP contribution is -2.40. The summed E-state index contributed by atoms with van der Waals surface area (Å²) in [6, 6.07) is 16.5. The largest absolute Gasteiger partial charge is 0.467 e. The summed E-state index contributed by atoms with van der Waals surface area (Å²) < 4.78 is 39.9. The van der Waals surface area contributed by atoms with Crippen LogP contribution in [0.2, 0.25) is 0 Å². The zero-order valence-corrected chi connectivity index (χ0v) is 20.7. The van der Waals surface area contributed by atoms with Crippen LogP contribution < -0.4 is 4.80 Å². The van der Waals surface area contributed by atoms with Gasteiger partial charge in [-0.05, 0) is 36.4 Å². The Balaban J connectivity index is 1.52. The van der Waals surface area contributed by atoms with Gasteiger partial charge < -0.3 is 13.7 Å². The molecule has 0 atom stereocenters. The quantitative estimate of drug-likeness (QED) is 0.265. The van der Waals surface area contributed by atoms with Gasteiger partial charge in [0.25, 0.3) is 5.69 Å². The van der Waals surface area contributed by atoms with Crippen LogP contribution in [0.5, 0.6) is 0 Å². The van der Waals surface area contributed by atoms with E-state index in [1.54, 1.807) is 42.7 Å². The van der Waals surface area contributed by atoms with Gasteiger partial charge in [0.05, 0.1) is 47.2 Å². The molecule has 0 radical (unpaired) electrons. The molecule has 3 heterocycles. The number of sulfonamides is 1. The van der Waals surface area contributed by atoms with Crippen molar-refractivity contribution in [2.75, 3.05) is 26.3 Å². The highest BCUT2D eigenvalue weighted by Crippen LogP contribution is 2.26. The molecule has 12 heteroatoms. The summed E-state index contributed by atoms with van der Waals surface area (Å²) in [6.45, 7) is 1.80. The standard InChI is InChI=1S/C24H22N4O6S2/c29-28(30)20-4-1-3-18(15-20)23-17-35-24(27(23)16-21-5-2-12-34-21)25-19-6-8-22(9-7-19)36(31,32)26-10-13-33-14-11-26/h1-9,12,15,17H,10-11,13-14,16H2. The van der Waals surface area contributed by atoms with E-state index < -0.39 is 14.9 Å². The van der Waals surface area contributed by atoms with Crippen LogP contribution in [-0.4, -0.2) is 48.5 Å². The summed E-state index contributed by atoms with van der Waals surface area (Å²) in [6.07, 6.45) is 1.58. The molecule has 0 spiro atoms. The molecule has 0 aliphatic carbocycles. The van der Waals surface area contributed by atoms with Crippen LogP contribution in [0.3, 0.4) is 0 Å². The third-order valence-corrected chi connectivity index (χ3v) is 8.49. The van der Waals surface area contributed by atoms with Gasteiger partial charge in [0.2, 0.25) is 10.0 Å². The Labute approximate surface area is 210 Å². The van der Waals surface area contributed by atoms with Crippen molar-refractivity contribution in [1.82, 2.24) is 8.87 Å². The summed E-state index contributed by atoms with van der Waals surface area (Å²) >= 11 is 1.38. The molecule has 2 aromatic carbocycles. The molecule has 0 amide bonds. The van der Waals surface area contributed by atoms with Crippen LogP contribution in [0.4, 0.5) is 11.4 Å². The van der Waals surface area contributed by atoms with Gasteiger partial charge in [0, 0.05) is 36.2 Å². The van der Waals surface area contributed by atoms with E-state index in [-0.39, 0.29) is 10.6 Å². The molecular formula is C24H22N4O6S2. The first-order chi connectivity index (χ1) is 17.4. The molecule has 1 saturated heterocycles. The first-order valence-electron chi connectivity index (χ1n) is 11.1. The molecule has 4 aromatic rings. The Kier molecular flexibility index (Phi) is 6.83. The summed E-state index contributed by atoms with van der Waals surface area (Å²) in [5, 5.41) is 13.2. The highest BCUT2D eigenvalue weighted by atomic mass is 32.2. The SMILES string of the molecule is O=[N+]([O-])c1cccc(-c2csc(=Nc3ccc(S(=O)(=O)N4CCOCC4)cc3)n2Cc2ccco2)c1. The minimum atomic E-state index is -3.60. The van der Waals surface area contributed by atoms with Crippen molar-refractivity contribution < 1.29 is 22.5 Å². The highest BCUT2D eigenvalue weighted by molar-refractivity contribution is 7.89. The fraction of sp³-hybridized carbons (Fsp3) is 0.208. The smallest absolute Gasteiger partial charge is 0.270 e. The van der Waals surface area contributed by atoms with Gasteiger partial charge in [0.1, 0.15) is 5.76 Å². The minimum Gasteiger partial charge on any atom is -0.467 e. The number of nitro groups is 1. The molecule has 1 aliphatic rings. The van der Waals surface area contributed by atoms with Crippen molar-refractivity contribution in [3.8, 4) is 11.3 Å². The summed E-state index contributed by atoms with van der Waals surface area (Å²) in [4.78, 5) is 16.4. The summed E-state index contributed by atoms with van der Waals surface area (Å²) in [7, 11) is -3.60. The van der Waals surface area contributed by atoms with Crippen molar-refractivity contribution in [2.45, 2.75) is 11.4 Å².